The summed E-state index contributed by atoms with van der Waals surface area (Å²) in [7, 11) is 0. The second-order valence-electron chi connectivity index (χ2n) is 7.33. The predicted octanol–water partition coefficient (Wildman–Crippen LogP) is 3.61. The van der Waals surface area contributed by atoms with Gasteiger partial charge in [-0.25, -0.2) is 14.1 Å². The van der Waals surface area contributed by atoms with Gasteiger partial charge >= 0.3 is 0 Å². The van der Waals surface area contributed by atoms with E-state index in [0.29, 0.717) is 23.5 Å². The number of hydrogen-bond acceptors (Lipinski definition) is 4. The molecule has 4 rings (SSSR count). The van der Waals surface area contributed by atoms with Gasteiger partial charge in [-0.05, 0) is 32.3 Å². The van der Waals surface area contributed by atoms with Crippen LogP contribution in [0.15, 0.2) is 47.8 Å². The molecule has 27 heavy (non-hydrogen) atoms. The first-order valence-corrected chi connectivity index (χ1v) is 9.17. The van der Waals surface area contributed by atoms with Crippen LogP contribution >= 0.6 is 0 Å². The molecule has 6 nitrogen and oxygen atoms in total. The molecule has 0 spiro atoms. The number of pyridine rings is 2. The molecule has 0 amide bonds. The summed E-state index contributed by atoms with van der Waals surface area (Å²) in [4.78, 5) is 16.2. The number of nitrogens with one attached hydrogen (secondary N) is 1. The van der Waals surface area contributed by atoms with Gasteiger partial charge in [0.2, 0.25) is 0 Å². The molecule has 3 aromatic rings. The molecule has 1 fully saturated rings. The maximum Gasteiger partial charge on any atom is 0.250 e. The Kier molecular flexibility index (Phi) is 4.30. The zero-order valence-corrected chi connectivity index (χ0v) is 15.4. The van der Waals surface area contributed by atoms with Gasteiger partial charge in [0.1, 0.15) is 11.6 Å². The van der Waals surface area contributed by atoms with E-state index in [-0.39, 0.29) is 16.9 Å². The number of nitrogens with zero attached hydrogens (tertiary/aromatic N) is 4. The Bertz CT molecular complexity index is 1030. The molecule has 3 heterocycles. The van der Waals surface area contributed by atoms with E-state index in [1.807, 2.05) is 6.92 Å². The summed E-state index contributed by atoms with van der Waals surface area (Å²) in [6.45, 7) is 4.76. The van der Waals surface area contributed by atoms with E-state index in [0.717, 1.165) is 24.9 Å². The fraction of sp³-hybridized carbons (Fsp3) is 0.350. The van der Waals surface area contributed by atoms with Crippen LogP contribution in [0, 0.1) is 5.82 Å². The Hall–Kier alpha value is -2.96. The van der Waals surface area contributed by atoms with Crippen LogP contribution in [0.2, 0.25) is 0 Å². The Morgan fingerprint density at radius 1 is 1.26 bits per heavy atom. The number of aryl methyl sites for hydroxylation is 1. The summed E-state index contributed by atoms with van der Waals surface area (Å²) in [6, 6.07) is 4.66. The monoisotopic (exact) mass is 367 g/mol. The highest BCUT2D eigenvalue weighted by atomic mass is 19.1. The van der Waals surface area contributed by atoms with Crippen molar-refractivity contribution in [1.82, 2.24) is 19.3 Å². The lowest BCUT2D eigenvalue weighted by atomic mass is 10.1. The summed E-state index contributed by atoms with van der Waals surface area (Å²) >= 11 is 0. The van der Waals surface area contributed by atoms with Crippen LogP contribution in [-0.2, 0) is 6.54 Å². The van der Waals surface area contributed by atoms with Crippen LogP contribution in [0.5, 0.6) is 0 Å². The molecule has 0 saturated heterocycles. The molecule has 0 radical (unpaired) electrons. The molecule has 1 N–H and O–H groups in total. The van der Waals surface area contributed by atoms with Crippen molar-refractivity contribution in [3.05, 3.63) is 59.2 Å². The molecular formula is C20H22FN5O. The summed E-state index contributed by atoms with van der Waals surface area (Å²) in [5, 5.41) is 7.58. The minimum absolute atomic E-state index is 0.0457. The van der Waals surface area contributed by atoms with Gasteiger partial charge in [0, 0.05) is 53.9 Å². The lowest BCUT2D eigenvalue weighted by Crippen LogP contribution is -2.19. The van der Waals surface area contributed by atoms with Crippen molar-refractivity contribution < 1.29 is 4.39 Å². The molecule has 7 heteroatoms. The van der Waals surface area contributed by atoms with Gasteiger partial charge in [0.15, 0.2) is 0 Å². The van der Waals surface area contributed by atoms with E-state index in [1.54, 1.807) is 33.9 Å². The lowest BCUT2D eigenvalue weighted by molar-refractivity contribution is 0.629. The van der Waals surface area contributed by atoms with Crippen molar-refractivity contribution >= 4 is 5.82 Å². The average molecular weight is 367 g/mol. The Labute approximate surface area is 156 Å². The van der Waals surface area contributed by atoms with Gasteiger partial charge in [0.25, 0.3) is 5.56 Å². The normalized spacial score (nSPS) is 14.9. The third-order valence-electron chi connectivity index (χ3n) is 4.87. The summed E-state index contributed by atoms with van der Waals surface area (Å²) in [6.07, 6.45) is 9.65. The molecule has 0 atom stereocenters. The second-order valence-corrected chi connectivity index (χ2v) is 7.33. The van der Waals surface area contributed by atoms with Crippen molar-refractivity contribution in [3.63, 3.8) is 0 Å². The van der Waals surface area contributed by atoms with E-state index in [4.69, 9.17) is 0 Å². The van der Waals surface area contributed by atoms with Crippen molar-refractivity contribution in [2.24, 2.45) is 0 Å². The van der Waals surface area contributed by atoms with Crippen molar-refractivity contribution in [1.29, 1.82) is 0 Å². The quantitative estimate of drug-likeness (QED) is 0.723. The van der Waals surface area contributed by atoms with Gasteiger partial charge in [0.05, 0.1) is 11.9 Å². The fourth-order valence-corrected chi connectivity index (χ4v) is 3.01. The van der Waals surface area contributed by atoms with Crippen LogP contribution < -0.4 is 10.9 Å². The molecule has 1 aliphatic rings. The fourth-order valence-electron chi connectivity index (χ4n) is 3.01. The molecular weight excluding hydrogens is 345 g/mol. The van der Waals surface area contributed by atoms with Crippen molar-refractivity contribution in [2.75, 3.05) is 5.32 Å². The molecule has 3 aromatic heterocycles. The van der Waals surface area contributed by atoms with Gasteiger partial charge in [-0.1, -0.05) is 6.92 Å². The van der Waals surface area contributed by atoms with Crippen LogP contribution in [0.25, 0.3) is 16.8 Å². The van der Waals surface area contributed by atoms with Gasteiger partial charge < -0.3 is 9.88 Å². The molecule has 140 valence electrons. The van der Waals surface area contributed by atoms with Crippen LogP contribution in [0.1, 0.15) is 33.1 Å². The molecule has 1 saturated carbocycles. The largest absolute Gasteiger partial charge is 0.365 e. The Balaban J connectivity index is 1.61. The standard InChI is InChI=1S/C20H22FN5O/c1-3-8-25-13-15(4-5-19(25)27)26-12-14(10-23-26)16-11-22-18(9-17(16)21)24-20(2)6-7-20/h4-5,9-13H,3,6-8H2,1-2H3,(H,22,24). The highest BCUT2D eigenvalue weighted by molar-refractivity contribution is 5.64. The first-order chi connectivity index (χ1) is 13.0. The predicted molar refractivity (Wildman–Crippen MR) is 103 cm³/mol. The summed E-state index contributed by atoms with van der Waals surface area (Å²) < 4.78 is 17.9. The van der Waals surface area contributed by atoms with E-state index in [1.165, 1.54) is 18.3 Å². The zero-order chi connectivity index (χ0) is 19.0. The van der Waals surface area contributed by atoms with Crippen LogP contribution in [0.4, 0.5) is 10.2 Å². The number of halogens is 1. The SMILES string of the molecule is CCCn1cc(-n2cc(-c3cnc(NC4(C)CC4)cc3F)cn2)ccc1=O. The van der Waals surface area contributed by atoms with Crippen LogP contribution in [0.3, 0.4) is 0 Å². The van der Waals surface area contributed by atoms with Crippen LogP contribution in [-0.4, -0.2) is 24.9 Å². The van der Waals surface area contributed by atoms with E-state index < -0.39 is 0 Å². The van der Waals surface area contributed by atoms with Crippen molar-refractivity contribution in [2.45, 2.75) is 45.2 Å². The third kappa shape index (κ3) is 3.63. The Morgan fingerprint density at radius 3 is 2.78 bits per heavy atom. The number of hydrogen-bond donors (Lipinski definition) is 1. The maximum atomic E-state index is 14.6. The maximum absolute atomic E-state index is 14.6. The van der Waals surface area contributed by atoms with E-state index in [9.17, 15) is 9.18 Å². The number of aromatic nitrogens is 4. The molecule has 0 aliphatic heterocycles. The molecule has 1 aliphatic carbocycles. The van der Waals surface area contributed by atoms with Crippen molar-refractivity contribution in [3.8, 4) is 16.8 Å². The van der Waals surface area contributed by atoms with E-state index in [2.05, 4.69) is 22.3 Å². The minimum atomic E-state index is -0.341. The van der Waals surface area contributed by atoms with E-state index >= 15 is 0 Å². The smallest absolute Gasteiger partial charge is 0.250 e. The zero-order valence-electron chi connectivity index (χ0n) is 15.4. The highest BCUT2D eigenvalue weighted by Crippen LogP contribution is 2.38. The number of rotatable bonds is 6. The first-order valence-electron chi connectivity index (χ1n) is 9.17. The molecule has 0 aromatic carbocycles. The number of anilines is 1. The Morgan fingerprint density at radius 2 is 2.07 bits per heavy atom. The first kappa shape index (κ1) is 17.5. The van der Waals surface area contributed by atoms with Gasteiger partial charge in [-0.3, -0.25) is 4.79 Å². The topological polar surface area (TPSA) is 64.7 Å². The summed E-state index contributed by atoms with van der Waals surface area (Å²) in [5.41, 5.74) is 1.79. The highest BCUT2D eigenvalue weighted by Gasteiger charge is 2.37. The summed E-state index contributed by atoms with van der Waals surface area (Å²) in [5.74, 6) is 0.211. The molecule has 0 bridgehead atoms. The lowest BCUT2D eigenvalue weighted by Gasteiger charge is -2.12. The second kappa shape index (κ2) is 6.64. The minimum Gasteiger partial charge on any atom is -0.365 e. The van der Waals surface area contributed by atoms with Gasteiger partial charge in [-0.2, -0.15) is 5.10 Å². The molecule has 0 unspecified atom stereocenters. The third-order valence-corrected chi connectivity index (χ3v) is 4.87. The average Bonchev–Trinajstić information content (AvgIpc) is 3.16. The van der Waals surface area contributed by atoms with Gasteiger partial charge in [-0.15, -0.1) is 0 Å².